The van der Waals surface area contributed by atoms with Crippen molar-refractivity contribution < 1.29 is 17.9 Å². The number of rotatable bonds is 4. The third-order valence-electron chi connectivity index (χ3n) is 5.99. The molecule has 1 unspecified atom stereocenters. The van der Waals surface area contributed by atoms with Crippen LogP contribution in [0.15, 0.2) is 41.3 Å². The smallest absolute Gasteiger partial charge is 0.243 e. The summed E-state index contributed by atoms with van der Waals surface area (Å²) in [6.45, 7) is 9.72. The van der Waals surface area contributed by atoms with E-state index in [-0.39, 0.29) is 10.9 Å². The standard InChI is InChI=1S/C22H28N2O4S/c1-16-4-5-19(14-17(16)2)18(3)23-8-10-24(11-9-23)29(25,26)20-6-7-21-22(15-20)28-13-12-27-21/h4-7,14-15,18H,8-13H2,1-3H3. The van der Waals surface area contributed by atoms with E-state index in [1.54, 1.807) is 22.5 Å². The zero-order chi connectivity index (χ0) is 20.6. The Hall–Kier alpha value is -2.09. The molecule has 0 spiro atoms. The maximum absolute atomic E-state index is 13.1. The van der Waals surface area contributed by atoms with Crippen molar-refractivity contribution in [2.24, 2.45) is 0 Å². The second-order valence-corrected chi connectivity index (χ2v) is 9.70. The molecule has 29 heavy (non-hydrogen) atoms. The molecule has 156 valence electrons. The molecular weight excluding hydrogens is 388 g/mol. The van der Waals surface area contributed by atoms with Crippen LogP contribution < -0.4 is 9.47 Å². The predicted molar refractivity (Wildman–Crippen MR) is 112 cm³/mol. The first-order chi connectivity index (χ1) is 13.9. The first-order valence-corrected chi connectivity index (χ1v) is 11.5. The molecule has 4 rings (SSSR count). The van der Waals surface area contributed by atoms with Gasteiger partial charge in [-0.25, -0.2) is 8.42 Å². The van der Waals surface area contributed by atoms with Crippen LogP contribution in [0, 0.1) is 13.8 Å². The maximum Gasteiger partial charge on any atom is 0.243 e. The molecule has 0 N–H and O–H groups in total. The van der Waals surface area contributed by atoms with Crippen molar-refractivity contribution in [3.63, 3.8) is 0 Å². The Kier molecular flexibility index (Phi) is 5.55. The number of benzene rings is 2. The van der Waals surface area contributed by atoms with E-state index in [1.165, 1.54) is 16.7 Å². The molecule has 0 saturated carbocycles. The minimum atomic E-state index is -3.55. The lowest BCUT2D eigenvalue weighted by Crippen LogP contribution is -2.49. The number of piperazine rings is 1. The second kappa shape index (κ2) is 7.97. The summed E-state index contributed by atoms with van der Waals surface area (Å²) in [5.41, 5.74) is 3.85. The third kappa shape index (κ3) is 3.99. The maximum atomic E-state index is 13.1. The Labute approximate surface area is 173 Å². The average molecular weight is 417 g/mol. The number of hydrogen-bond acceptors (Lipinski definition) is 5. The van der Waals surface area contributed by atoms with E-state index in [2.05, 4.69) is 43.9 Å². The van der Waals surface area contributed by atoms with E-state index >= 15 is 0 Å². The minimum Gasteiger partial charge on any atom is -0.486 e. The van der Waals surface area contributed by atoms with Crippen molar-refractivity contribution in [3.05, 3.63) is 53.1 Å². The molecule has 0 aromatic heterocycles. The highest BCUT2D eigenvalue weighted by atomic mass is 32.2. The molecule has 1 atom stereocenters. The minimum absolute atomic E-state index is 0.258. The number of hydrogen-bond donors (Lipinski definition) is 0. The molecule has 7 heteroatoms. The molecule has 6 nitrogen and oxygen atoms in total. The molecule has 2 heterocycles. The largest absolute Gasteiger partial charge is 0.486 e. The molecule has 1 fully saturated rings. The van der Waals surface area contributed by atoms with Gasteiger partial charge in [-0.05, 0) is 49.6 Å². The topological polar surface area (TPSA) is 59.1 Å². The molecule has 0 radical (unpaired) electrons. The Balaban J connectivity index is 1.45. The van der Waals surface area contributed by atoms with Gasteiger partial charge in [-0.1, -0.05) is 18.2 Å². The highest BCUT2D eigenvalue weighted by Gasteiger charge is 2.31. The van der Waals surface area contributed by atoms with E-state index < -0.39 is 10.0 Å². The average Bonchev–Trinajstić information content (AvgIpc) is 2.75. The molecule has 2 aromatic rings. The van der Waals surface area contributed by atoms with Crippen LogP contribution in [0.5, 0.6) is 11.5 Å². The van der Waals surface area contributed by atoms with Crippen LogP contribution in [-0.2, 0) is 10.0 Å². The van der Waals surface area contributed by atoms with E-state index in [9.17, 15) is 8.42 Å². The molecule has 2 aliphatic heterocycles. The number of ether oxygens (including phenoxy) is 2. The van der Waals surface area contributed by atoms with Gasteiger partial charge in [0.25, 0.3) is 0 Å². The quantitative estimate of drug-likeness (QED) is 0.766. The molecular formula is C22H28N2O4S. The molecule has 0 bridgehead atoms. The molecule has 0 amide bonds. The van der Waals surface area contributed by atoms with Crippen molar-refractivity contribution in [3.8, 4) is 11.5 Å². The summed E-state index contributed by atoms with van der Waals surface area (Å²) >= 11 is 0. The van der Waals surface area contributed by atoms with Crippen molar-refractivity contribution >= 4 is 10.0 Å². The number of fused-ring (bicyclic) bond motifs is 1. The zero-order valence-corrected chi connectivity index (χ0v) is 18.0. The van der Waals surface area contributed by atoms with Gasteiger partial charge in [0.15, 0.2) is 11.5 Å². The predicted octanol–water partition coefficient (Wildman–Crippen LogP) is 3.14. The fraction of sp³-hybridized carbons (Fsp3) is 0.455. The number of nitrogens with zero attached hydrogens (tertiary/aromatic N) is 2. The lowest BCUT2D eigenvalue weighted by Gasteiger charge is -2.37. The Morgan fingerprint density at radius 2 is 1.55 bits per heavy atom. The molecule has 1 saturated heterocycles. The van der Waals surface area contributed by atoms with Crippen molar-refractivity contribution in [2.45, 2.75) is 31.7 Å². The van der Waals surface area contributed by atoms with Crippen LogP contribution >= 0.6 is 0 Å². The van der Waals surface area contributed by atoms with Crippen LogP contribution in [-0.4, -0.2) is 57.0 Å². The van der Waals surface area contributed by atoms with Crippen molar-refractivity contribution in [2.75, 3.05) is 39.4 Å². The first-order valence-electron chi connectivity index (χ1n) is 10.1. The summed E-state index contributed by atoms with van der Waals surface area (Å²) in [7, 11) is -3.55. The summed E-state index contributed by atoms with van der Waals surface area (Å²) in [5, 5.41) is 0. The molecule has 2 aliphatic rings. The van der Waals surface area contributed by atoms with Gasteiger partial charge in [0.1, 0.15) is 13.2 Å². The van der Waals surface area contributed by atoms with Gasteiger partial charge in [-0.15, -0.1) is 0 Å². The normalized spacial score (nSPS) is 19.1. The van der Waals surface area contributed by atoms with Gasteiger partial charge in [-0.3, -0.25) is 4.90 Å². The zero-order valence-electron chi connectivity index (χ0n) is 17.2. The Morgan fingerprint density at radius 1 is 0.862 bits per heavy atom. The lowest BCUT2D eigenvalue weighted by atomic mass is 10.0. The van der Waals surface area contributed by atoms with Gasteiger partial charge in [-0.2, -0.15) is 4.31 Å². The van der Waals surface area contributed by atoms with Gasteiger partial charge in [0.2, 0.25) is 10.0 Å². The van der Waals surface area contributed by atoms with Crippen LogP contribution in [0.25, 0.3) is 0 Å². The SMILES string of the molecule is Cc1ccc(C(C)N2CCN(S(=O)(=O)c3ccc4c(c3)OCCO4)CC2)cc1C. The van der Waals surface area contributed by atoms with Crippen LogP contribution in [0.3, 0.4) is 0 Å². The van der Waals surface area contributed by atoms with Gasteiger partial charge >= 0.3 is 0 Å². The third-order valence-corrected chi connectivity index (χ3v) is 7.88. The van der Waals surface area contributed by atoms with Crippen LogP contribution in [0.4, 0.5) is 0 Å². The summed E-state index contributed by atoms with van der Waals surface area (Å²) in [5.74, 6) is 1.10. The van der Waals surface area contributed by atoms with Crippen LogP contribution in [0.2, 0.25) is 0 Å². The fourth-order valence-corrected chi connectivity index (χ4v) is 5.34. The highest BCUT2D eigenvalue weighted by Crippen LogP contribution is 2.33. The monoisotopic (exact) mass is 416 g/mol. The fourth-order valence-electron chi connectivity index (χ4n) is 3.90. The highest BCUT2D eigenvalue weighted by molar-refractivity contribution is 7.89. The van der Waals surface area contributed by atoms with Crippen molar-refractivity contribution in [1.29, 1.82) is 0 Å². The number of sulfonamides is 1. The number of aryl methyl sites for hydroxylation is 2. The summed E-state index contributed by atoms with van der Waals surface area (Å²) in [6, 6.07) is 11.7. The van der Waals surface area contributed by atoms with E-state index in [4.69, 9.17) is 9.47 Å². The lowest BCUT2D eigenvalue weighted by molar-refractivity contribution is 0.145. The molecule has 0 aliphatic carbocycles. The van der Waals surface area contributed by atoms with Crippen molar-refractivity contribution in [1.82, 2.24) is 9.21 Å². The second-order valence-electron chi connectivity index (χ2n) is 7.77. The van der Waals surface area contributed by atoms with E-state index in [0.717, 1.165) is 0 Å². The Morgan fingerprint density at radius 3 is 2.24 bits per heavy atom. The van der Waals surface area contributed by atoms with E-state index in [1.807, 2.05) is 0 Å². The van der Waals surface area contributed by atoms with Gasteiger partial charge in [0, 0.05) is 38.3 Å². The van der Waals surface area contributed by atoms with E-state index in [0.29, 0.717) is 50.9 Å². The van der Waals surface area contributed by atoms with Gasteiger partial charge < -0.3 is 9.47 Å². The summed E-state index contributed by atoms with van der Waals surface area (Å²) in [6.07, 6.45) is 0. The van der Waals surface area contributed by atoms with Crippen LogP contribution in [0.1, 0.15) is 29.7 Å². The van der Waals surface area contributed by atoms with Gasteiger partial charge in [0.05, 0.1) is 4.90 Å². The first kappa shape index (κ1) is 20.2. The molecule has 2 aromatic carbocycles. The Bertz CT molecular complexity index is 998. The summed E-state index contributed by atoms with van der Waals surface area (Å²) < 4.78 is 38.8. The summed E-state index contributed by atoms with van der Waals surface area (Å²) in [4.78, 5) is 2.61.